The smallest absolute Gasteiger partial charge is 0.214 e. The van der Waals surface area contributed by atoms with Gasteiger partial charge in [0.25, 0.3) is 0 Å². The average Bonchev–Trinajstić information content (AvgIpc) is 2.38. The van der Waals surface area contributed by atoms with Crippen molar-refractivity contribution >= 4 is 23.0 Å². The third-order valence-corrected chi connectivity index (χ3v) is 2.64. The molecule has 5 nitrogen and oxygen atoms in total. The Morgan fingerprint density at radius 2 is 2.17 bits per heavy atom. The predicted octanol–water partition coefficient (Wildman–Crippen LogP) is 1.22. The van der Waals surface area contributed by atoms with Gasteiger partial charge in [-0.3, -0.25) is 0 Å². The monoisotopic (exact) mass is 269 g/mol. The molecule has 0 radical (unpaired) electrons. The molecule has 0 aliphatic rings. The van der Waals surface area contributed by atoms with E-state index in [-0.39, 0.29) is 0 Å². The molecule has 1 heterocycles. The number of nitrogens with two attached hydrogens (primary N) is 1. The van der Waals surface area contributed by atoms with E-state index >= 15 is 0 Å². The number of methoxy groups -OCH3 is 2. The lowest BCUT2D eigenvalue weighted by molar-refractivity contribution is 0.205. The van der Waals surface area contributed by atoms with Crippen molar-refractivity contribution < 1.29 is 9.47 Å². The zero-order valence-electron chi connectivity index (χ0n) is 10.8. The number of pyridine rings is 1. The van der Waals surface area contributed by atoms with Crippen molar-refractivity contribution in [3.05, 3.63) is 18.2 Å². The topological polar surface area (TPSA) is 60.6 Å². The summed E-state index contributed by atoms with van der Waals surface area (Å²) in [5, 5.41) is 0. The molecular weight excluding hydrogens is 250 g/mol. The zero-order chi connectivity index (χ0) is 13.4. The van der Waals surface area contributed by atoms with Crippen molar-refractivity contribution in [1.29, 1.82) is 0 Å². The minimum Gasteiger partial charge on any atom is -0.481 e. The van der Waals surface area contributed by atoms with Gasteiger partial charge in [-0.2, -0.15) is 4.98 Å². The van der Waals surface area contributed by atoms with E-state index in [2.05, 4.69) is 9.88 Å². The van der Waals surface area contributed by atoms with Crippen LogP contribution in [0.2, 0.25) is 0 Å². The molecular formula is C12H19N3O2S. The van der Waals surface area contributed by atoms with E-state index < -0.39 is 0 Å². The lowest BCUT2D eigenvalue weighted by Gasteiger charge is -2.23. The van der Waals surface area contributed by atoms with Crippen molar-refractivity contribution in [3.8, 4) is 5.88 Å². The normalized spacial score (nSPS) is 10.1. The van der Waals surface area contributed by atoms with Gasteiger partial charge in [0.15, 0.2) is 0 Å². The third-order valence-electron chi connectivity index (χ3n) is 2.44. The molecule has 0 aliphatic heterocycles. The number of anilines is 1. The molecule has 2 N–H and O–H groups in total. The molecule has 18 heavy (non-hydrogen) atoms. The summed E-state index contributed by atoms with van der Waals surface area (Å²) in [5.41, 5.74) is 5.53. The molecule has 0 saturated heterocycles. The molecule has 0 amide bonds. The number of hydrogen-bond acceptors (Lipinski definition) is 5. The van der Waals surface area contributed by atoms with Gasteiger partial charge in [0, 0.05) is 32.7 Å². The number of thiocarbonyl (C=S) groups is 1. The molecule has 0 unspecified atom stereocenters. The Kier molecular flexibility index (Phi) is 6.38. The van der Waals surface area contributed by atoms with Gasteiger partial charge in [0.1, 0.15) is 5.82 Å². The molecule has 0 fully saturated rings. The van der Waals surface area contributed by atoms with Gasteiger partial charge < -0.3 is 20.1 Å². The van der Waals surface area contributed by atoms with E-state index in [0.717, 1.165) is 18.9 Å². The number of rotatable bonds is 8. The number of aromatic nitrogens is 1. The first-order valence-corrected chi connectivity index (χ1v) is 6.11. The SMILES string of the molecule is COCCN(CCC(N)=S)c1cccc(OC)n1. The highest BCUT2D eigenvalue weighted by atomic mass is 32.1. The molecule has 0 saturated carbocycles. The summed E-state index contributed by atoms with van der Waals surface area (Å²) in [4.78, 5) is 6.96. The van der Waals surface area contributed by atoms with E-state index in [1.165, 1.54) is 0 Å². The maximum atomic E-state index is 5.53. The van der Waals surface area contributed by atoms with Crippen LogP contribution >= 0.6 is 12.2 Å². The quantitative estimate of drug-likeness (QED) is 0.716. The van der Waals surface area contributed by atoms with Gasteiger partial charge in [-0.25, -0.2) is 0 Å². The Hall–Kier alpha value is -1.40. The minimum atomic E-state index is 0.500. The van der Waals surface area contributed by atoms with Gasteiger partial charge in [0.05, 0.1) is 18.7 Å². The second kappa shape index (κ2) is 7.84. The van der Waals surface area contributed by atoms with E-state index in [4.69, 9.17) is 27.4 Å². The first-order valence-electron chi connectivity index (χ1n) is 5.70. The Bertz CT molecular complexity index is 387. The van der Waals surface area contributed by atoms with Crippen LogP contribution in [0, 0.1) is 0 Å². The Morgan fingerprint density at radius 3 is 2.78 bits per heavy atom. The molecule has 0 spiro atoms. The maximum Gasteiger partial charge on any atom is 0.214 e. The van der Waals surface area contributed by atoms with Gasteiger partial charge in [-0.15, -0.1) is 0 Å². The van der Waals surface area contributed by atoms with Crippen LogP contribution in [0.4, 0.5) is 5.82 Å². The van der Waals surface area contributed by atoms with Crippen LogP contribution < -0.4 is 15.4 Å². The molecule has 0 bridgehead atoms. The first kappa shape index (κ1) is 14.7. The lowest BCUT2D eigenvalue weighted by Crippen LogP contribution is -2.31. The van der Waals surface area contributed by atoms with E-state index in [1.54, 1.807) is 14.2 Å². The van der Waals surface area contributed by atoms with E-state index in [9.17, 15) is 0 Å². The fourth-order valence-corrected chi connectivity index (χ4v) is 1.57. The van der Waals surface area contributed by atoms with Crippen LogP contribution in [0.1, 0.15) is 6.42 Å². The molecule has 6 heteroatoms. The number of nitrogens with zero attached hydrogens (tertiary/aromatic N) is 2. The van der Waals surface area contributed by atoms with Gasteiger partial charge in [-0.1, -0.05) is 18.3 Å². The van der Waals surface area contributed by atoms with Crippen molar-refractivity contribution in [2.45, 2.75) is 6.42 Å². The van der Waals surface area contributed by atoms with Crippen LogP contribution in [0.5, 0.6) is 5.88 Å². The number of hydrogen-bond donors (Lipinski definition) is 1. The molecule has 100 valence electrons. The molecule has 1 rings (SSSR count). The van der Waals surface area contributed by atoms with E-state index in [1.807, 2.05) is 18.2 Å². The maximum absolute atomic E-state index is 5.53. The lowest BCUT2D eigenvalue weighted by atomic mass is 10.3. The average molecular weight is 269 g/mol. The van der Waals surface area contributed by atoms with Crippen molar-refractivity contribution in [2.24, 2.45) is 5.73 Å². The van der Waals surface area contributed by atoms with E-state index in [0.29, 0.717) is 23.9 Å². The van der Waals surface area contributed by atoms with Crippen LogP contribution in [0.3, 0.4) is 0 Å². The fraction of sp³-hybridized carbons (Fsp3) is 0.500. The van der Waals surface area contributed by atoms with Crippen molar-refractivity contribution in [1.82, 2.24) is 4.98 Å². The zero-order valence-corrected chi connectivity index (χ0v) is 11.6. The second-order valence-corrected chi connectivity index (χ2v) is 4.26. The standard InChI is InChI=1S/C12H19N3O2S/c1-16-9-8-15(7-6-10(13)18)11-4-3-5-12(14-11)17-2/h3-5H,6-9H2,1-2H3,(H2,13,18). The van der Waals surface area contributed by atoms with Crippen molar-refractivity contribution in [2.75, 3.05) is 38.8 Å². The Balaban J connectivity index is 2.75. The van der Waals surface area contributed by atoms with Crippen molar-refractivity contribution in [3.63, 3.8) is 0 Å². The fourth-order valence-electron chi connectivity index (χ4n) is 1.48. The van der Waals surface area contributed by atoms with Crippen LogP contribution in [0.25, 0.3) is 0 Å². The van der Waals surface area contributed by atoms with Crippen LogP contribution in [-0.4, -0.2) is 43.9 Å². The summed E-state index contributed by atoms with van der Waals surface area (Å²) in [6.07, 6.45) is 0.651. The Labute approximate surface area is 113 Å². The highest BCUT2D eigenvalue weighted by Crippen LogP contribution is 2.15. The van der Waals surface area contributed by atoms with Gasteiger partial charge in [-0.05, 0) is 6.07 Å². The van der Waals surface area contributed by atoms with Gasteiger partial charge >= 0.3 is 0 Å². The molecule has 0 atom stereocenters. The molecule has 1 aromatic heterocycles. The third kappa shape index (κ3) is 4.85. The predicted molar refractivity (Wildman–Crippen MR) is 76.3 cm³/mol. The highest BCUT2D eigenvalue weighted by Gasteiger charge is 2.09. The highest BCUT2D eigenvalue weighted by molar-refractivity contribution is 7.80. The second-order valence-electron chi connectivity index (χ2n) is 3.73. The summed E-state index contributed by atoms with van der Waals surface area (Å²) in [6.45, 7) is 2.08. The van der Waals surface area contributed by atoms with Crippen LogP contribution in [0.15, 0.2) is 18.2 Å². The minimum absolute atomic E-state index is 0.500. The molecule has 0 aromatic carbocycles. The summed E-state index contributed by atoms with van der Waals surface area (Å²) in [7, 11) is 3.27. The number of ether oxygens (including phenoxy) is 2. The summed E-state index contributed by atoms with van der Waals surface area (Å²) < 4.78 is 10.2. The van der Waals surface area contributed by atoms with Crippen LogP contribution in [-0.2, 0) is 4.74 Å². The first-order chi connectivity index (χ1) is 8.67. The largest absolute Gasteiger partial charge is 0.481 e. The summed E-state index contributed by atoms with van der Waals surface area (Å²) >= 11 is 4.90. The van der Waals surface area contributed by atoms with Gasteiger partial charge in [0.2, 0.25) is 5.88 Å². The molecule has 0 aliphatic carbocycles. The summed E-state index contributed by atoms with van der Waals surface area (Å²) in [5.74, 6) is 1.42. The summed E-state index contributed by atoms with van der Waals surface area (Å²) in [6, 6.07) is 5.64. The molecule has 1 aromatic rings. The Morgan fingerprint density at radius 1 is 1.39 bits per heavy atom.